The highest BCUT2D eigenvalue weighted by Gasteiger charge is 2.13. The van der Waals surface area contributed by atoms with Gasteiger partial charge in [0.25, 0.3) is 5.69 Å². The minimum Gasteiger partial charge on any atom is -0.308 e. The molecule has 0 heterocycles. The Kier molecular flexibility index (Phi) is 4.64. The lowest BCUT2D eigenvalue weighted by Crippen LogP contribution is -2.19. The number of urea groups is 1. The highest BCUT2D eigenvalue weighted by molar-refractivity contribution is 5.99. The topological polar surface area (TPSA) is 84.3 Å². The van der Waals surface area contributed by atoms with E-state index >= 15 is 0 Å². The highest BCUT2D eigenvalue weighted by atomic mass is 16.6. The number of hydrogen-bond acceptors (Lipinski definition) is 3. The first-order valence-electron chi connectivity index (χ1n) is 7.19. The fraction of sp³-hybridized carbons (Fsp3) is 0.235. The Hall–Kier alpha value is -2.89. The molecule has 0 aromatic heterocycles. The molecule has 0 fully saturated rings. The van der Waals surface area contributed by atoms with Crippen molar-refractivity contribution < 1.29 is 9.72 Å². The van der Waals surface area contributed by atoms with Gasteiger partial charge in [-0.3, -0.25) is 10.1 Å². The molecule has 2 rings (SSSR count). The molecule has 0 aliphatic heterocycles. The third kappa shape index (κ3) is 4.54. The molecule has 0 saturated heterocycles. The molecule has 2 N–H and O–H groups in total. The zero-order valence-electron chi connectivity index (χ0n) is 13.3. The Balaban J connectivity index is 2.02. The molecule has 0 aliphatic carbocycles. The van der Waals surface area contributed by atoms with Gasteiger partial charge in [-0.2, -0.15) is 0 Å². The lowest BCUT2D eigenvalue weighted by atomic mass is 9.87. The fourth-order valence-corrected chi connectivity index (χ4v) is 2.04. The van der Waals surface area contributed by atoms with Crippen LogP contribution in [-0.4, -0.2) is 11.0 Å². The first kappa shape index (κ1) is 16.5. The van der Waals surface area contributed by atoms with Gasteiger partial charge in [-0.1, -0.05) is 39.0 Å². The Labute approximate surface area is 134 Å². The number of non-ortho nitro benzene ring substituents is 1. The number of nitro benzene ring substituents is 1. The normalized spacial score (nSPS) is 10.9. The van der Waals surface area contributed by atoms with Gasteiger partial charge in [0.15, 0.2) is 0 Å². The maximum absolute atomic E-state index is 12.0. The molecule has 23 heavy (non-hydrogen) atoms. The van der Waals surface area contributed by atoms with Gasteiger partial charge < -0.3 is 10.6 Å². The summed E-state index contributed by atoms with van der Waals surface area (Å²) in [6, 6.07) is 12.9. The Morgan fingerprint density at radius 2 is 1.61 bits per heavy atom. The molecule has 6 nitrogen and oxygen atoms in total. The lowest BCUT2D eigenvalue weighted by Gasteiger charge is -2.19. The van der Waals surface area contributed by atoms with Crippen LogP contribution < -0.4 is 10.6 Å². The third-order valence-corrected chi connectivity index (χ3v) is 3.32. The molecule has 2 aromatic rings. The Morgan fingerprint density at radius 3 is 2.17 bits per heavy atom. The van der Waals surface area contributed by atoms with E-state index in [0.717, 1.165) is 0 Å². The van der Waals surface area contributed by atoms with Crippen molar-refractivity contribution in [3.05, 3.63) is 64.2 Å². The summed E-state index contributed by atoms with van der Waals surface area (Å²) in [5.74, 6) is 0. The second kappa shape index (κ2) is 6.48. The minimum atomic E-state index is -0.506. The Bertz CT molecular complexity index is 719. The van der Waals surface area contributed by atoms with Crippen LogP contribution in [0.3, 0.4) is 0 Å². The van der Waals surface area contributed by atoms with Crippen molar-refractivity contribution in [2.75, 3.05) is 10.6 Å². The van der Waals surface area contributed by atoms with Gasteiger partial charge in [0.2, 0.25) is 0 Å². The Morgan fingerprint density at radius 1 is 1.00 bits per heavy atom. The summed E-state index contributed by atoms with van der Waals surface area (Å²) < 4.78 is 0. The van der Waals surface area contributed by atoms with Crippen LogP contribution in [0.2, 0.25) is 0 Å². The number of rotatable bonds is 3. The molecule has 6 heteroatoms. The van der Waals surface area contributed by atoms with E-state index in [2.05, 4.69) is 31.4 Å². The molecule has 0 bridgehead atoms. The van der Waals surface area contributed by atoms with E-state index in [9.17, 15) is 14.9 Å². The number of nitro groups is 1. The molecule has 0 atom stereocenters. The van der Waals surface area contributed by atoms with Crippen molar-refractivity contribution in [1.82, 2.24) is 0 Å². The lowest BCUT2D eigenvalue weighted by molar-refractivity contribution is -0.384. The SMILES string of the molecule is CC(C)(C)c1ccc(NC(=O)Nc2cccc([N+](=O)[O-])c2)cc1. The van der Waals surface area contributed by atoms with Gasteiger partial charge in [-0.25, -0.2) is 4.79 Å². The molecule has 0 saturated carbocycles. The first-order chi connectivity index (χ1) is 10.8. The summed E-state index contributed by atoms with van der Waals surface area (Å²) in [7, 11) is 0. The van der Waals surface area contributed by atoms with Gasteiger partial charge in [-0.15, -0.1) is 0 Å². The van der Waals surface area contributed by atoms with Gasteiger partial charge in [0, 0.05) is 23.5 Å². The molecule has 2 aromatic carbocycles. The number of amides is 2. The summed E-state index contributed by atoms with van der Waals surface area (Å²) in [5, 5.41) is 16.0. The van der Waals surface area contributed by atoms with E-state index < -0.39 is 11.0 Å². The second-order valence-corrected chi connectivity index (χ2v) is 6.21. The van der Waals surface area contributed by atoms with Gasteiger partial charge in [0.1, 0.15) is 0 Å². The number of carbonyl (C=O) groups excluding carboxylic acids is 1. The van der Waals surface area contributed by atoms with E-state index in [1.165, 1.54) is 23.8 Å². The average molecular weight is 313 g/mol. The van der Waals surface area contributed by atoms with Crippen LogP contribution in [0, 0.1) is 10.1 Å². The molecular formula is C17H19N3O3. The van der Waals surface area contributed by atoms with Crippen molar-refractivity contribution in [2.24, 2.45) is 0 Å². The molecule has 0 spiro atoms. The van der Waals surface area contributed by atoms with Crippen LogP contribution in [0.5, 0.6) is 0 Å². The van der Waals surface area contributed by atoms with Gasteiger partial charge in [-0.05, 0) is 29.2 Å². The van der Waals surface area contributed by atoms with Gasteiger partial charge >= 0.3 is 6.03 Å². The second-order valence-electron chi connectivity index (χ2n) is 6.21. The molecule has 0 unspecified atom stereocenters. The number of nitrogens with zero attached hydrogens (tertiary/aromatic N) is 1. The number of hydrogen-bond donors (Lipinski definition) is 2. The zero-order chi connectivity index (χ0) is 17.0. The summed E-state index contributed by atoms with van der Waals surface area (Å²) in [6.45, 7) is 6.35. The van der Waals surface area contributed by atoms with E-state index in [1.54, 1.807) is 6.07 Å². The van der Waals surface area contributed by atoms with Crippen LogP contribution in [0.25, 0.3) is 0 Å². The summed E-state index contributed by atoms with van der Waals surface area (Å²) >= 11 is 0. The van der Waals surface area contributed by atoms with Crippen LogP contribution in [0.4, 0.5) is 21.9 Å². The third-order valence-electron chi connectivity index (χ3n) is 3.32. The predicted molar refractivity (Wildman–Crippen MR) is 90.9 cm³/mol. The van der Waals surface area contributed by atoms with Crippen molar-refractivity contribution in [1.29, 1.82) is 0 Å². The van der Waals surface area contributed by atoms with Crippen molar-refractivity contribution >= 4 is 23.1 Å². The summed E-state index contributed by atoms with van der Waals surface area (Å²) in [4.78, 5) is 22.2. The van der Waals surface area contributed by atoms with E-state index in [4.69, 9.17) is 0 Å². The van der Waals surface area contributed by atoms with Gasteiger partial charge in [0.05, 0.1) is 4.92 Å². The molecule has 0 aliphatic rings. The highest BCUT2D eigenvalue weighted by Crippen LogP contribution is 2.23. The van der Waals surface area contributed by atoms with E-state index in [1.807, 2.05) is 24.3 Å². The predicted octanol–water partition coefficient (Wildman–Crippen LogP) is 4.54. The van der Waals surface area contributed by atoms with Crippen molar-refractivity contribution in [3.8, 4) is 0 Å². The summed E-state index contributed by atoms with van der Waals surface area (Å²) in [5.41, 5.74) is 2.16. The number of nitrogens with one attached hydrogen (secondary N) is 2. The van der Waals surface area contributed by atoms with Crippen molar-refractivity contribution in [2.45, 2.75) is 26.2 Å². The monoisotopic (exact) mass is 313 g/mol. The number of anilines is 2. The largest absolute Gasteiger partial charge is 0.323 e. The molecular weight excluding hydrogens is 294 g/mol. The quantitative estimate of drug-likeness (QED) is 0.644. The van der Waals surface area contributed by atoms with E-state index in [0.29, 0.717) is 11.4 Å². The maximum Gasteiger partial charge on any atom is 0.323 e. The van der Waals surface area contributed by atoms with Crippen LogP contribution >= 0.6 is 0 Å². The standard InChI is InChI=1S/C17H19N3O3/c1-17(2,3)12-7-9-13(10-8-12)18-16(21)19-14-5-4-6-15(11-14)20(22)23/h4-11H,1-3H3,(H2,18,19,21). The first-order valence-corrected chi connectivity index (χ1v) is 7.19. The zero-order valence-corrected chi connectivity index (χ0v) is 13.3. The van der Waals surface area contributed by atoms with Crippen LogP contribution in [0.15, 0.2) is 48.5 Å². The van der Waals surface area contributed by atoms with Crippen LogP contribution in [0.1, 0.15) is 26.3 Å². The molecule has 2 amide bonds. The van der Waals surface area contributed by atoms with E-state index in [-0.39, 0.29) is 11.1 Å². The summed E-state index contributed by atoms with van der Waals surface area (Å²) in [6.07, 6.45) is 0. The fourth-order valence-electron chi connectivity index (χ4n) is 2.04. The average Bonchev–Trinajstić information content (AvgIpc) is 2.47. The number of carbonyl (C=O) groups is 1. The van der Waals surface area contributed by atoms with Crippen LogP contribution in [-0.2, 0) is 5.41 Å². The minimum absolute atomic E-state index is 0.0454. The maximum atomic E-state index is 12.0. The molecule has 120 valence electrons. The smallest absolute Gasteiger partial charge is 0.308 e. The molecule has 0 radical (unpaired) electrons. The van der Waals surface area contributed by atoms with Crippen molar-refractivity contribution in [3.63, 3.8) is 0 Å². The number of benzene rings is 2.